The van der Waals surface area contributed by atoms with Crippen LogP contribution in [0.1, 0.15) is 23.0 Å². The highest BCUT2D eigenvalue weighted by Gasteiger charge is 2.23. The summed E-state index contributed by atoms with van der Waals surface area (Å²) in [6.07, 6.45) is 0.0775. The molecular weight excluding hydrogens is 571 g/mol. The van der Waals surface area contributed by atoms with E-state index in [4.69, 9.17) is 14.2 Å². The Morgan fingerprint density at radius 1 is 0.952 bits per heavy atom. The maximum Gasteiger partial charge on any atom is 0.483 e. The van der Waals surface area contributed by atoms with Crippen LogP contribution in [0, 0.1) is 26.6 Å². The molecule has 0 saturated heterocycles. The molecule has 218 valence electrons. The van der Waals surface area contributed by atoms with Gasteiger partial charge in [-0.15, -0.1) is 8.78 Å². The lowest BCUT2D eigenvalue weighted by atomic mass is 9.97. The normalized spacial score (nSPS) is 11.2. The van der Waals surface area contributed by atoms with Gasteiger partial charge < -0.3 is 14.1 Å². The van der Waals surface area contributed by atoms with Crippen molar-refractivity contribution in [3.05, 3.63) is 95.7 Å². The molecule has 8 nitrogen and oxygen atoms in total. The van der Waals surface area contributed by atoms with Crippen molar-refractivity contribution in [1.82, 2.24) is 14.5 Å². The number of rotatable bonds is 6. The molecule has 0 amide bonds. The molecule has 1 N–H and O–H groups in total. The predicted molar refractivity (Wildman–Crippen MR) is 151 cm³/mol. The van der Waals surface area contributed by atoms with Gasteiger partial charge in [-0.1, -0.05) is 36.4 Å². The summed E-state index contributed by atoms with van der Waals surface area (Å²) in [6, 6.07) is 17.7. The molecule has 0 atom stereocenters. The van der Waals surface area contributed by atoms with E-state index >= 15 is 0 Å². The summed E-state index contributed by atoms with van der Waals surface area (Å²) in [5.41, 5.74) is 4.44. The van der Waals surface area contributed by atoms with Gasteiger partial charge in [0.05, 0.1) is 22.9 Å². The Bertz CT molecular complexity index is 1880. The molecule has 42 heavy (non-hydrogen) atoms. The lowest BCUT2D eigenvalue weighted by Gasteiger charge is -2.15. The molecular formula is C30H26F3N3O5S. The molecule has 2 aromatic heterocycles. The summed E-state index contributed by atoms with van der Waals surface area (Å²) >= 11 is 0. The quantitative estimate of drug-likeness (QED) is 0.213. The first-order chi connectivity index (χ1) is 19.8. The predicted octanol–water partition coefficient (Wildman–Crippen LogP) is 6.87. The number of carbonyl (C=O) groups is 1. The second-order valence-corrected chi connectivity index (χ2v) is 11.4. The van der Waals surface area contributed by atoms with E-state index < -0.39 is 28.6 Å². The van der Waals surface area contributed by atoms with Crippen LogP contribution < -0.4 is 0 Å². The Morgan fingerprint density at radius 3 is 2.19 bits per heavy atom. The van der Waals surface area contributed by atoms with Gasteiger partial charge in [0, 0.05) is 36.1 Å². The van der Waals surface area contributed by atoms with Gasteiger partial charge in [0.1, 0.15) is 17.3 Å². The lowest BCUT2D eigenvalue weighted by molar-refractivity contribution is 0.199. The standard InChI is InChI=1S/C29H26FN3O4S.CF2O/c1-17-15-33(18(2)31-17)26-11-10-21(22-13-25(30)24(16-34)27(14-22)38(4,35)36)12-23(26)28-29(37-19(3)32-28)20-8-6-5-7-9-20;2-1(3)4/h5-15,34H,16H2,1-4H3;. The SMILES string of the molecule is Cc1cn(-c2ccc(-c3cc(F)c(CO)c(S(C)(=O)=O)c3)cc2-c2nc(C)oc2-c2ccccc2)c(C)n1.O=C(F)F. The number of nitrogens with zero attached hydrogens (tertiary/aromatic N) is 3. The van der Waals surface area contributed by atoms with Crippen LogP contribution in [0.2, 0.25) is 0 Å². The number of benzene rings is 3. The number of sulfone groups is 1. The molecule has 0 aliphatic heterocycles. The molecule has 0 radical (unpaired) electrons. The van der Waals surface area contributed by atoms with Crippen molar-refractivity contribution in [2.45, 2.75) is 32.3 Å². The van der Waals surface area contributed by atoms with Gasteiger partial charge in [-0.3, -0.25) is 0 Å². The summed E-state index contributed by atoms with van der Waals surface area (Å²) in [5.74, 6) is 1.04. The largest absolute Gasteiger partial charge is 0.483 e. The van der Waals surface area contributed by atoms with Crippen LogP contribution >= 0.6 is 0 Å². The number of aromatic nitrogens is 3. The van der Waals surface area contributed by atoms with E-state index in [1.54, 1.807) is 13.0 Å². The van der Waals surface area contributed by atoms with Gasteiger partial charge in [0.25, 0.3) is 0 Å². The maximum atomic E-state index is 15.0. The van der Waals surface area contributed by atoms with Crippen molar-refractivity contribution in [3.63, 3.8) is 0 Å². The average Bonchev–Trinajstić information content (AvgIpc) is 3.48. The minimum Gasteiger partial charge on any atom is -0.440 e. The molecule has 2 heterocycles. The van der Waals surface area contributed by atoms with Gasteiger partial charge >= 0.3 is 6.29 Å². The second kappa shape index (κ2) is 12.1. The van der Waals surface area contributed by atoms with E-state index in [-0.39, 0.29) is 10.5 Å². The van der Waals surface area contributed by atoms with Crippen molar-refractivity contribution in [2.24, 2.45) is 0 Å². The number of aliphatic hydroxyl groups is 1. The van der Waals surface area contributed by atoms with E-state index in [1.807, 2.05) is 67.1 Å². The third-order valence-electron chi connectivity index (χ3n) is 6.33. The van der Waals surface area contributed by atoms with Crippen molar-refractivity contribution in [2.75, 3.05) is 6.26 Å². The molecule has 0 aliphatic carbocycles. The first-order valence-electron chi connectivity index (χ1n) is 12.5. The number of halogens is 3. The first kappa shape index (κ1) is 30.4. The van der Waals surface area contributed by atoms with Crippen LogP contribution in [-0.4, -0.2) is 40.6 Å². The van der Waals surface area contributed by atoms with Crippen molar-refractivity contribution >= 4 is 16.1 Å². The number of aryl methyl sites for hydroxylation is 3. The van der Waals surface area contributed by atoms with E-state index in [9.17, 15) is 26.7 Å². The van der Waals surface area contributed by atoms with Crippen LogP contribution in [0.15, 0.2) is 76.2 Å². The lowest BCUT2D eigenvalue weighted by Crippen LogP contribution is -2.06. The van der Waals surface area contributed by atoms with E-state index in [2.05, 4.69) is 4.98 Å². The zero-order chi connectivity index (χ0) is 30.8. The second-order valence-electron chi connectivity index (χ2n) is 9.40. The van der Waals surface area contributed by atoms with Gasteiger partial charge in [0.2, 0.25) is 0 Å². The van der Waals surface area contributed by atoms with Crippen LogP contribution in [0.5, 0.6) is 0 Å². The Hall–Kier alpha value is -4.55. The number of hydrogen-bond donors (Lipinski definition) is 1. The molecule has 0 unspecified atom stereocenters. The van der Waals surface area contributed by atoms with Crippen LogP contribution in [0.3, 0.4) is 0 Å². The fourth-order valence-electron chi connectivity index (χ4n) is 4.63. The fourth-order valence-corrected chi connectivity index (χ4v) is 5.59. The number of carbonyl (C=O) groups excluding carboxylic acids is 1. The van der Waals surface area contributed by atoms with Crippen LogP contribution in [0.25, 0.3) is 39.4 Å². The Labute approximate surface area is 240 Å². The Morgan fingerprint density at radius 2 is 1.62 bits per heavy atom. The number of aliphatic hydroxyl groups excluding tert-OH is 1. The summed E-state index contributed by atoms with van der Waals surface area (Å²) in [7, 11) is -3.79. The molecule has 0 bridgehead atoms. The summed E-state index contributed by atoms with van der Waals surface area (Å²) in [6.45, 7) is 4.85. The minimum atomic E-state index is -3.79. The first-order valence-corrected chi connectivity index (χ1v) is 14.4. The van der Waals surface area contributed by atoms with Gasteiger partial charge in [0.15, 0.2) is 21.5 Å². The molecule has 5 aromatic rings. The Kier molecular flexibility index (Phi) is 8.78. The highest BCUT2D eigenvalue weighted by atomic mass is 32.2. The summed E-state index contributed by atoms with van der Waals surface area (Å²) in [4.78, 5) is 17.1. The third kappa shape index (κ3) is 6.50. The van der Waals surface area contributed by atoms with Crippen molar-refractivity contribution in [1.29, 1.82) is 0 Å². The summed E-state index contributed by atoms with van der Waals surface area (Å²) < 4.78 is 67.2. The smallest absolute Gasteiger partial charge is 0.440 e. The number of hydrogen-bond acceptors (Lipinski definition) is 7. The summed E-state index contributed by atoms with van der Waals surface area (Å²) in [5, 5.41) is 9.62. The molecule has 5 rings (SSSR count). The molecule has 0 aliphatic rings. The zero-order valence-corrected chi connectivity index (χ0v) is 23.8. The molecule has 0 fully saturated rings. The minimum absolute atomic E-state index is 0.246. The topological polar surface area (TPSA) is 115 Å². The van der Waals surface area contributed by atoms with E-state index in [0.29, 0.717) is 34.0 Å². The molecule has 0 saturated carbocycles. The van der Waals surface area contributed by atoms with Gasteiger partial charge in [-0.05, 0) is 49.2 Å². The van der Waals surface area contributed by atoms with Crippen LogP contribution in [-0.2, 0) is 16.4 Å². The highest BCUT2D eigenvalue weighted by Crippen LogP contribution is 2.39. The third-order valence-corrected chi connectivity index (χ3v) is 7.49. The Balaban J connectivity index is 0.000000952. The van der Waals surface area contributed by atoms with Crippen LogP contribution in [0.4, 0.5) is 18.0 Å². The zero-order valence-electron chi connectivity index (χ0n) is 23.0. The fraction of sp³-hybridized carbons (Fsp3) is 0.167. The van der Waals surface area contributed by atoms with E-state index in [0.717, 1.165) is 29.0 Å². The van der Waals surface area contributed by atoms with E-state index in [1.165, 1.54) is 12.1 Å². The highest BCUT2D eigenvalue weighted by molar-refractivity contribution is 7.90. The number of oxazole rings is 1. The van der Waals surface area contributed by atoms with Crippen molar-refractivity contribution < 1.29 is 35.9 Å². The molecule has 3 aromatic carbocycles. The molecule has 0 spiro atoms. The monoisotopic (exact) mass is 597 g/mol. The van der Waals surface area contributed by atoms with Gasteiger partial charge in [-0.25, -0.2) is 27.6 Å². The van der Waals surface area contributed by atoms with Crippen molar-refractivity contribution in [3.8, 4) is 39.4 Å². The number of imidazole rings is 1. The van der Waals surface area contributed by atoms with Gasteiger partial charge in [-0.2, -0.15) is 0 Å². The average molecular weight is 598 g/mol. The molecule has 12 heteroatoms. The maximum absolute atomic E-state index is 15.0.